The molecule has 2 aliphatic carbocycles. The molecule has 204 valence electrons. The second kappa shape index (κ2) is 9.17. The molecule has 3 N–H and O–H groups in total. The second-order valence-electron chi connectivity index (χ2n) is 12.4. The minimum atomic E-state index is -5.16. The molecule has 37 heavy (non-hydrogen) atoms. The van der Waals surface area contributed by atoms with E-state index < -0.39 is 53.4 Å². The van der Waals surface area contributed by atoms with E-state index in [0.29, 0.717) is 12.8 Å². The molecule has 4 atom stereocenters. The summed E-state index contributed by atoms with van der Waals surface area (Å²) < 4.78 is 39.0. The lowest BCUT2D eigenvalue weighted by Crippen LogP contribution is -2.59. The number of nitrogens with zero attached hydrogens (tertiary/aromatic N) is 2. The number of halogens is 3. The summed E-state index contributed by atoms with van der Waals surface area (Å²) in [5.41, 5.74) is -1.53. The lowest BCUT2D eigenvalue weighted by atomic mass is 9.67. The molecule has 2 saturated heterocycles. The van der Waals surface area contributed by atoms with Crippen LogP contribution < -0.4 is 16.0 Å². The topological polar surface area (TPSA) is 131 Å². The van der Waals surface area contributed by atoms with E-state index in [4.69, 9.17) is 0 Å². The van der Waals surface area contributed by atoms with Gasteiger partial charge in [-0.3, -0.25) is 19.2 Å². The number of rotatable bonds is 6. The van der Waals surface area contributed by atoms with Crippen molar-refractivity contribution < 1.29 is 32.3 Å². The van der Waals surface area contributed by atoms with Gasteiger partial charge in [-0.1, -0.05) is 27.2 Å². The van der Waals surface area contributed by atoms with E-state index in [0.717, 1.165) is 32.1 Å². The first-order valence-corrected chi connectivity index (χ1v) is 12.8. The Morgan fingerprint density at radius 1 is 1.14 bits per heavy atom. The normalized spacial score (nSPS) is 27.2. The molecule has 12 heteroatoms. The third-order valence-electron chi connectivity index (χ3n) is 8.40. The molecule has 0 unspecified atom stereocenters. The van der Waals surface area contributed by atoms with Gasteiger partial charge in [-0.25, -0.2) is 0 Å². The van der Waals surface area contributed by atoms with Crippen LogP contribution in [0.25, 0.3) is 0 Å². The van der Waals surface area contributed by atoms with Gasteiger partial charge in [-0.05, 0) is 55.8 Å². The fourth-order valence-electron chi connectivity index (χ4n) is 5.93. The Morgan fingerprint density at radius 3 is 2.24 bits per heavy atom. The smallest absolute Gasteiger partial charge is 0.350 e. The summed E-state index contributed by atoms with van der Waals surface area (Å²) in [6.07, 6.45) is 0.218. The number of hydrogen-bond acceptors (Lipinski definition) is 5. The zero-order valence-electron chi connectivity index (χ0n) is 21.3. The largest absolute Gasteiger partial charge is 0.471 e. The third-order valence-corrected chi connectivity index (χ3v) is 8.40. The lowest BCUT2D eigenvalue weighted by molar-refractivity contribution is -0.176. The van der Waals surface area contributed by atoms with E-state index in [1.165, 1.54) is 4.90 Å². The van der Waals surface area contributed by atoms with Crippen LogP contribution in [0.5, 0.6) is 0 Å². The molecule has 9 nitrogen and oxygen atoms in total. The highest BCUT2D eigenvalue weighted by atomic mass is 19.4. The van der Waals surface area contributed by atoms with Crippen molar-refractivity contribution in [2.75, 3.05) is 6.54 Å². The summed E-state index contributed by atoms with van der Waals surface area (Å²) in [5, 5.41) is 17.2. The third kappa shape index (κ3) is 5.55. The maximum Gasteiger partial charge on any atom is 0.471 e. The molecule has 4 amide bonds. The fourth-order valence-corrected chi connectivity index (χ4v) is 5.93. The maximum atomic E-state index is 13.6. The molecule has 0 bridgehead atoms. The van der Waals surface area contributed by atoms with E-state index in [9.17, 15) is 37.6 Å². The number of nitrogens with one attached hydrogen (secondary N) is 3. The van der Waals surface area contributed by atoms with Gasteiger partial charge in [0.25, 0.3) is 0 Å². The van der Waals surface area contributed by atoms with E-state index in [1.807, 2.05) is 11.4 Å². The number of carbonyl (C=O) groups excluding carboxylic acids is 4. The molecule has 2 spiro atoms. The van der Waals surface area contributed by atoms with Crippen LogP contribution in [0.15, 0.2) is 0 Å². The quantitative estimate of drug-likeness (QED) is 0.488. The summed E-state index contributed by atoms with van der Waals surface area (Å²) in [5.74, 6) is -4.07. The van der Waals surface area contributed by atoms with Gasteiger partial charge in [0.2, 0.25) is 17.7 Å². The highest BCUT2D eigenvalue weighted by molar-refractivity contribution is 5.94. The van der Waals surface area contributed by atoms with Crippen molar-refractivity contribution in [3.8, 4) is 6.07 Å². The van der Waals surface area contributed by atoms with Crippen molar-refractivity contribution in [2.24, 2.45) is 16.7 Å². The summed E-state index contributed by atoms with van der Waals surface area (Å²) in [6.45, 7) is 4.83. The number of amides is 4. The first-order chi connectivity index (χ1) is 17.1. The second-order valence-corrected chi connectivity index (χ2v) is 12.4. The van der Waals surface area contributed by atoms with Crippen molar-refractivity contribution >= 4 is 23.6 Å². The summed E-state index contributed by atoms with van der Waals surface area (Å²) in [6, 6.07) is -1.40. The van der Waals surface area contributed by atoms with E-state index in [-0.39, 0.29) is 29.8 Å². The fraction of sp³-hybridized carbons (Fsp3) is 0.800. The van der Waals surface area contributed by atoms with Gasteiger partial charge in [0.15, 0.2) is 0 Å². The Hall–Kier alpha value is -2.84. The molecular formula is C25H34F3N5O4. The average molecular weight is 526 g/mol. The maximum absolute atomic E-state index is 13.6. The zero-order valence-corrected chi connectivity index (χ0v) is 21.3. The standard InChI is InChI=1S/C25H34F3N5O4/c1-22(2,3)17(31-21(37)25(26,27)28)20(36)33-13-23(5-4-6-23)11-16(33)19(35)30-15(12-29)9-14-10-24(7-8-24)32-18(14)34/h14-17H,4-11,13H2,1-3H3,(H,30,35)(H,31,37)(H,32,34)/t14-,15+,16+,17-/m1/s1. The monoisotopic (exact) mass is 525 g/mol. The number of carbonyl (C=O) groups is 4. The Bertz CT molecular complexity index is 1020. The lowest BCUT2D eigenvalue weighted by Gasteiger charge is -2.39. The predicted octanol–water partition coefficient (Wildman–Crippen LogP) is 1.92. The molecule has 4 aliphatic rings. The predicted molar refractivity (Wildman–Crippen MR) is 124 cm³/mol. The highest BCUT2D eigenvalue weighted by Crippen LogP contribution is 2.51. The van der Waals surface area contributed by atoms with Crippen LogP contribution >= 0.6 is 0 Å². The molecule has 0 aromatic heterocycles. The van der Waals surface area contributed by atoms with Crippen molar-refractivity contribution in [1.29, 1.82) is 5.26 Å². The number of likely N-dealkylation sites (tertiary alicyclic amines) is 1. The Kier molecular flexibility index (Phi) is 6.74. The molecule has 4 rings (SSSR count). The SMILES string of the molecule is CC(C)(C)[C@H](NC(=O)C(F)(F)F)C(=O)N1CC2(CCC2)C[C@H]1C(=O)N[C@H](C#N)C[C@@H]1CC2(CC2)NC1=O. The van der Waals surface area contributed by atoms with E-state index >= 15 is 0 Å². The molecular weight excluding hydrogens is 491 g/mol. The molecule has 0 radical (unpaired) electrons. The minimum Gasteiger partial charge on any atom is -0.350 e. The van der Waals surface area contributed by atoms with Gasteiger partial charge < -0.3 is 20.9 Å². The summed E-state index contributed by atoms with van der Waals surface area (Å²) >= 11 is 0. The minimum absolute atomic E-state index is 0.133. The molecule has 2 heterocycles. The summed E-state index contributed by atoms with van der Waals surface area (Å²) in [7, 11) is 0. The zero-order chi connectivity index (χ0) is 27.4. The average Bonchev–Trinajstić information content (AvgIpc) is 3.25. The molecule has 0 aromatic rings. The van der Waals surface area contributed by atoms with Crippen molar-refractivity contribution in [2.45, 2.75) is 102 Å². The van der Waals surface area contributed by atoms with Crippen molar-refractivity contribution in [1.82, 2.24) is 20.9 Å². The van der Waals surface area contributed by atoms with Crippen LogP contribution in [0.1, 0.15) is 72.1 Å². The van der Waals surface area contributed by atoms with Crippen molar-refractivity contribution in [3.63, 3.8) is 0 Å². The molecule has 2 aliphatic heterocycles. The van der Waals surface area contributed by atoms with Crippen LogP contribution in [0, 0.1) is 28.1 Å². The van der Waals surface area contributed by atoms with Gasteiger partial charge in [0.1, 0.15) is 18.1 Å². The Morgan fingerprint density at radius 2 is 1.78 bits per heavy atom. The Labute approximate surface area is 213 Å². The number of hydrogen-bond donors (Lipinski definition) is 3. The van der Waals surface area contributed by atoms with E-state index in [1.54, 1.807) is 20.8 Å². The van der Waals surface area contributed by atoms with Crippen LogP contribution in [0.3, 0.4) is 0 Å². The first kappa shape index (κ1) is 27.2. The highest BCUT2D eigenvalue weighted by Gasteiger charge is 2.55. The van der Waals surface area contributed by atoms with Gasteiger partial charge in [0.05, 0.1) is 6.07 Å². The Balaban J connectivity index is 1.49. The van der Waals surface area contributed by atoms with Gasteiger partial charge >= 0.3 is 12.1 Å². The van der Waals surface area contributed by atoms with Crippen molar-refractivity contribution in [3.05, 3.63) is 0 Å². The van der Waals surface area contributed by atoms with Crippen LogP contribution in [0.2, 0.25) is 0 Å². The number of alkyl halides is 3. The van der Waals surface area contributed by atoms with E-state index in [2.05, 4.69) is 10.6 Å². The van der Waals surface area contributed by atoms with Gasteiger partial charge in [-0.2, -0.15) is 18.4 Å². The first-order valence-electron chi connectivity index (χ1n) is 12.8. The van der Waals surface area contributed by atoms with Gasteiger partial charge in [0, 0.05) is 18.0 Å². The molecule has 0 aromatic carbocycles. The molecule has 2 saturated carbocycles. The molecule has 4 fully saturated rings. The van der Waals surface area contributed by atoms with Crippen LogP contribution in [-0.4, -0.2) is 64.9 Å². The summed E-state index contributed by atoms with van der Waals surface area (Å²) in [4.78, 5) is 52.3. The van der Waals surface area contributed by atoms with Crippen LogP contribution in [-0.2, 0) is 19.2 Å². The van der Waals surface area contributed by atoms with Crippen LogP contribution in [0.4, 0.5) is 13.2 Å². The number of nitriles is 1. The van der Waals surface area contributed by atoms with Gasteiger partial charge in [-0.15, -0.1) is 0 Å².